The maximum absolute atomic E-state index is 11.6. The van der Waals surface area contributed by atoms with E-state index in [1.165, 1.54) is 6.33 Å². The van der Waals surface area contributed by atoms with Gasteiger partial charge in [0.15, 0.2) is 0 Å². The van der Waals surface area contributed by atoms with E-state index in [4.69, 9.17) is 23.2 Å². The molecule has 2 aromatic heterocycles. The minimum Gasteiger partial charge on any atom is -0.381 e. The predicted molar refractivity (Wildman–Crippen MR) is 100 cm³/mol. The molecule has 1 atom stereocenters. The Morgan fingerprint density at radius 1 is 1.04 bits per heavy atom. The molecule has 4 rings (SSSR count). The van der Waals surface area contributed by atoms with Crippen molar-refractivity contribution in [2.24, 2.45) is 0 Å². The SMILES string of the molecule is OC(Cn1cncn1)(Cn1cnc2ccccc21)c1ccc(Cl)cc1Cl. The highest BCUT2D eigenvalue weighted by Crippen LogP contribution is 2.34. The molecular formula is C18H15Cl2N5O. The second kappa shape index (κ2) is 6.72. The molecule has 8 heteroatoms. The second-order valence-corrected chi connectivity index (χ2v) is 6.95. The van der Waals surface area contributed by atoms with Crippen molar-refractivity contribution in [2.75, 3.05) is 0 Å². The molecule has 0 fully saturated rings. The van der Waals surface area contributed by atoms with Crippen molar-refractivity contribution in [3.8, 4) is 0 Å². The summed E-state index contributed by atoms with van der Waals surface area (Å²) in [6, 6.07) is 12.8. The molecular weight excluding hydrogens is 373 g/mol. The number of rotatable bonds is 5. The zero-order chi connectivity index (χ0) is 18.1. The number of nitrogens with zero attached hydrogens (tertiary/aromatic N) is 5. The Bertz CT molecular complexity index is 1050. The quantitative estimate of drug-likeness (QED) is 0.568. The number of imidazole rings is 1. The molecule has 132 valence electrons. The number of fused-ring (bicyclic) bond motifs is 1. The van der Waals surface area contributed by atoms with Gasteiger partial charge in [-0.15, -0.1) is 0 Å². The summed E-state index contributed by atoms with van der Waals surface area (Å²) < 4.78 is 3.47. The van der Waals surface area contributed by atoms with Crippen LogP contribution in [0.15, 0.2) is 61.4 Å². The van der Waals surface area contributed by atoms with Crippen molar-refractivity contribution in [1.82, 2.24) is 24.3 Å². The molecule has 0 bridgehead atoms. The first-order valence-electron chi connectivity index (χ1n) is 7.95. The van der Waals surface area contributed by atoms with E-state index in [2.05, 4.69) is 15.1 Å². The number of benzene rings is 2. The Kier molecular flexibility index (Phi) is 4.40. The van der Waals surface area contributed by atoms with Gasteiger partial charge in [-0.2, -0.15) is 5.10 Å². The second-order valence-electron chi connectivity index (χ2n) is 6.11. The topological polar surface area (TPSA) is 68.8 Å². The Balaban J connectivity index is 1.79. The Morgan fingerprint density at radius 3 is 2.65 bits per heavy atom. The van der Waals surface area contributed by atoms with Crippen LogP contribution in [0.1, 0.15) is 5.56 Å². The van der Waals surface area contributed by atoms with E-state index in [0.717, 1.165) is 11.0 Å². The van der Waals surface area contributed by atoms with Crippen molar-refractivity contribution in [3.05, 3.63) is 77.1 Å². The number of para-hydroxylation sites is 2. The summed E-state index contributed by atoms with van der Waals surface area (Å²) in [7, 11) is 0. The fourth-order valence-electron chi connectivity index (χ4n) is 3.09. The lowest BCUT2D eigenvalue weighted by molar-refractivity contribution is -0.00117. The zero-order valence-corrected chi connectivity index (χ0v) is 15.1. The highest BCUT2D eigenvalue weighted by Gasteiger charge is 2.33. The summed E-state index contributed by atoms with van der Waals surface area (Å²) in [6.07, 6.45) is 4.69. The lowest BCUT2D eigenvalue weighted by Gasteiger charge is -2.30. The van der Waals surface area contributed by atoms with E-state index in [1.807, 2.05) is 28.8 Å². The van der Waals surface area contributed by atoms with Gasteiger partial charge in [-0.05, 0) is 24.3 Å². The van der Waals surface area contributed by atoms with Gasteiger partial charge in [0.25, 0.3) is 0 Å². The van der Waals surface area contributed by atoms with E-state index in [1.54, 1.807) is 35.5 Å². The van der Waals surface area contributed by atoms with Gasteiger partial charge in [0.2, 0.25) is 0 Å². The lowest BCUT2D eigenvalue weighted by Crippen LogP contribution is -2.36. The van der Waals surface area contributed by atoms with Gasteiger partial charge in [0.1, 0.15) is 18.3 Å². The first-order valence-corrected chi connectivity index (χ1v) is 8.71. The summed E-state index contributed by atoms with van der Waals surface area (Å²) in [5.74, 6) is 0. The minimum atomic E-state index is -1.33. The van der Waals surface area contributed by atoms with Crippen LogP contribution < -0.4 is 0 Å². The van der Waals surface area contributed by atoms with Crippen molar-refractivity contribution in [3.63, 3.8) is 0 Å². The van der Waals surface area contributed by atoms with Crippen LogP contribution in [0.5, 0.6) is 0 Å². The molecule has 26 heavy (non-hydrogen) atoms. The van der Waals surface area contributed by atoms with Crippen molar-refractivity contribution in [1.29, 1.82) is 0 Å². The first kappa shape index (κ1) is 17.0. The van der Waals surface area contributed by atoms with Crippen LogP contribution >= 0.6 is 23.2 Å². The molecule has 4 aromatic rings. The number of hydrogen-bond donors (Lipinski definition) is 1. The zero-order valence-electron chi connectivity index (χ0n) is 13.6. The molecule has 1 unspecified atom stereocenters. The lowest BCUT2D eigenvalue weighted by atomic mass is 9.93. The van der Waals surface area contributed by atoms with Gasteiger partial charge in [-0.3, -0.25) is 0 Å². The number of aliphatic hydroxyl groups is 1. The molecule has 2 heterocycles. The first-order chi connectivity index (χ1) is 12.5. The molecule has 1 N–H and O–H groups in total. The van der Waals surface area contributed by atoms with Crippen molar-refractivity contribution >= 4 is 34.2 Å². The maximum Gasteiger partial charge on any atom is 0.137 e. The standard InChI is InChI=1S/C18H15Cl2N5O/c19-13-5-6-14(15(20)7-13)18(26,9-25-11-21-10-23-25)8-24-12-22-16-3-1-2-4-17(16)24/h1-7,10-12,26H,8-9H2. The van der Waals surface area contributed by atoms with Gasteiger partial charge in [-0.25, -0.2) is 14.6 Å². The van der Waals surface area contributed by atoms with Crippen LogP contribution in [0.4, 0.5) is 0 Å². The molecule has 0 aliphatic carbocycles. The number of aromatic nitrogens is 5. The molecule has 0 radical (unpaired) electrons. The van der Waals surface area contributed by atoms with Crippen LogP contribution in [-0.4, -0.2) is 29.4 Å². The average Bonchev–Trinajstić information content (AvgIpc) is 3.25. The minimum absolute atomic E-state index is 0.181. The molecule has 6 nitrogen and oxygen atoms in total. The summed E-state index contributed by atoms with van der Waals surface area (Å²) >= 11 is 12.4. The normalized spacial score (nSPS) is 13.8. The number of hydrogen-bond acceptors (Lipinski definition) is 4. The van der Waals surface area contributed by atoms with Gasteiger partial charge in [0.05, 0.1) is 30.5 Å². The Morgan fingerprint density at radius 2 is 1.88 bits per heavy atom. The molecule has 0 spiro atoms. The summed E-state index contributed by atoms with van der Waals surface area (Å²) in [4.78, 5) is 8.34. The third-order valence-corrected chi connectivity index (χ3v) is 4.83. The van der Waals surface area contributed by atoms with Crippen LogP contribution in [0.3, 0.4) is 0 Å². The monoisotopic (exact) mass is 387 g/mol. The molecule has 2 aromatic carbocycles. The predicted octanol–water partition coefficient (Wildman–Crippen LogP) is 3.52. The van der Waals surface area contributed by atoms with Gasteiger partial charge in [-0.1, -0.05) is 41.4 Å². The smallest absolute Gasteiger partial charge is 0.137 e. The Hall–Kier alpha value is -2.41. The largest absolute Gasteiger partial charge is 0.381 e. The van der Waals surface area contributed by atoms with Crippen LogP contribution in [0.25, 0.3) is 11.0 Å². The fraction of sp³-hybridized carbons (Fsp3) is 0.167. The van der Waals surface area contributed by atoms with Crippen molar-refractivity contribution in [2.45, 2.75) is 18.7 Å². The van der Waals surface area contributed by atoms with E-state index in [9.17, 15) is 5.11 Å². The molecule has 0 amide bonds. The van der Waals surface area contributed by atoms with Crippen LogP contribution in [0.2, 0.25) is 10.0 Å². The van der Waals surface area contributed by atoms with Crippen molar-refractivity contribution < 1.29 is 5.11 Å². The van der Waals surface area contributed by atoms with E-state index in [0.29, 0.717) is 15.6 Å². The Labute approximate surface area is 159 Å². The molecule has 0 saturated carbocycles. The van der Waals surface area contributed by atoms with E-state index in [-0.39, 0.29) is 13.1 Å². The molecule has 0 saturated heterocycles. The van der Waals surface area contributed by atoms with Crippen LogP contribution in [-0.2, 0) is 18.7 Å². The summed E-state index contributed by atoms with van der Waals surface area (Å²) in [5.41, 5.74) is 1.02. The van der Waals surface area contributed by atoms with Gasteiger partial charge >= 0.3 is 0 Å². The maximum atomic E-state index is 11.6. The molecule has 0 aliphatic rings. The summed E-state index contributed by atoms with van der Waals surface area (Å²) in [5, 5.41) is 16.6. The fourth-order valence-corrected chi connectivity index (χ4v) is 3.67. The van der Waals surface area contributed by atoms with Crippen LogP contribution in [0, 0.1) is 0 Å². The summed E-state index contributed by atoms with van der Waals surface area (Å²) in [6.45, 7) is 0.426. The van der Waals surface area contributed by atoms with E-state index >= 15 is 0 Å². The highest BCUT2D eigenvalue weighted by molar-refractivity contribution is 6.35. The van der Waals surface area contributed by atoms with Gasteiger partial charge in [0, 0.05) is 15.6 Å². The van der Waals surface area contributed by atoms with Gasteiger partial charge < -0.3 is 9.67 Å². The van der Waals surface area contributed by atoms with E-state index < -0.39 is 5.60 Å². The number of halogens is 2. The molecule has 0 aliphatic heterocycles. The highest BCUT2D eigenvalue weighted by atomic mass is 35.5. The average molecular weight is 388 g/mol. The third-order valence-electron chi connectivity index (χ3n) is 4.28. The third kappa shape index (κ3) is 3.19.